The number of rotatable bonds is 9. The zero-order chi connectivity index (χ0) is 34.6. The Bertz CT molecular complexity index is 2000. The summed E-state index contributed by atoms with van der Waals surface area (Å²) >= 11 is 9.87. The van der Waals surface area contributed by atoms with Crippen molar-refractivity contribution < 1.29 is 63.3 Å². The monoisotopic (exact) mass is 766 g/mol. The van der Waals surface area contributed by atoms with E-state index < -0.39 is 40.5 Å². The van der Waals surface area contributed by atoms with Gasteiger partial charge >= 0.3 is 41.5 Å². The van der Waals surface area contributed by atoms with Crippen LogP contribution in [0, 0.1) is 5.82 Å². The van der Waals surface area contributed by atoms with Gasteiger partial charge < -0.3 is 29.9 Å². The number of carboxylic acids is 2. The number of carbonyl (C=O) groups is 4. The maximum atomic E-state index is 15.4. The van der Waals surface area contributed by atoms with Crippen molar-refractivity contribution in [1.82, 2.24) is 19.7 Å². The van der Waals surface area contributed by atoms with Gasteiger partial charge in [-0.3, -0.25) is 19.3 Å². The number of hydrogen-bond donors (Lipinski definition) is 3. The van der Waals surface area contributed by atoms with E-state index in [0.717, 1.165) is 23.8 Å². The molecular weight excluding hydrogens is 737 g/mol. The Morgan fingerprint density at radius 1 is 1.08 bits per heavy atom. The summed E-state index contributed by atoms with van der Waals surface area (Å²) in [5.74, 6) is -3.25. The number of hydrogen-bond acceptors (Lipinski definition) is 10. The first-order valence-electron chi connectivity index (χ1n) is 15.5. The summed E-state index contributed by atoms with van der Waals surface area (Å²) < 4.78 is 17.7. The molecule has 3 aromatic rings. The molecular formula is C32H30FN5NaO7S4+. The molecule has 50 heavy (non-hydrogen) atoms. The summed E-state index contributed by atoms with van der Waals surface area (Å²) in [6.07, 6.45) is 3.22. The number of carbonyl (C=O) groups excluding carboxylic acids is 2. The number of thioether (sulfide) groups is 2. The average Bonchev–Trinajstić information content (AvgIpc) is 3.80. The Balaban J connectivity index is 0.00000432. The smallest absolute Gasteiger partial charge is 0.477 e. The van der Waals surface area contributed by atoms with Crippen LogP contribution in [0.25, 0.3) is 10.9 Å². The van der Waals surface area contributed by atoms with Crippen LogP contribution in [0.2, 0.25) is 0 Å². The molecule has 0 radical (unpaired) electrons. The summed E-state index contributed by atoms with van der Waals surface area (Å²) in [5.41, 5.74) is 0.254. The quantitative estimate of drug-likeness (QED) is 0.157. The number of thiocarbonyl (C=S) groups is 1. The van der Waals surface area contributed by atoms with Crippen molar-refractivity contribution in [3.63, 3.8) is 0 Å². The second kappa shape index (κ2) is 15.0. The maximum absolute atomic E-state index is 15.4. The number of β-lactam (4-membered cyclic amide) rings is 1. The van der Waals surface area contributed by atoms with Crippen molar-refractivity contribution in [2.75, 3.05) is 42.6 Å². The first-order chi connectivity index (χ1) is 23.5. The van der Waals surface area contributed by atoms with Crippen LogP contribution < -0.4 is 45.2 Å². The summed E-state index contributed by atoms with van der Waals surface area (Å²) in [4.78, 5) is 68.3. The summed E-state index contributed by atoms with van der Waals surface area (Å²) in [5, 5.41) is 23.7. The fourth-order valence-electron chi connectivity index (χ4n) is 6.37. The van der Waals surface area contributed by atoms with Crippen molar-refractivity contribution in [1.29, 1.82) is 0 Å². The molecule has 5 heterocycles. The van der Waals surface area contributed by atoms with Crippen LogP contribution in [-0.4, -0.2) is 102 Å². The number of nitrogens with one attached hydrogen (secondary N) is 1. The van der Waals surface area contributed by atoms with E-state index in [1.165, 1.54) is 46.0 Å². The number of benzene rings is 1. The zero-order valence-electron chi connectivity index (χ0n) is 26.8. The standard InChI is InChI=1S/C32H30FN5O7S4.Na/c33-21-11-19-22(37(17-3-4-17)13-20(27(19)40)30(42)43)12-23(21)35-5-7-36(8-6-35)32(46)49-15-16-14-48-29-25(28(41)38(29)26(16)31(44)45)34-24(39)10-18-2-1-9-47-18;/h1-2,9,11-13,17,25,29H,3-8,10,14-15H2,(H,34,39)(H,42,43)(H,44,45);/q;+1. The molecule has 0 spiro atoms. The number of aromatic carboxylic acids is 1. The van der Waals surface area contributed by atoms with E-state index in [2.05, 4.69) is 5.32 Å². The number of nitrogens with zero attached hydrogens (tertiary/aromatic N) is 4. The van der Waals surface area contributed by atoms with Crippen molar-refractivity contribution in [3.8, 4) is 0 Å². The molecule has 256 valence electrons. The number of aliphatic carboxylic acids is 1. The van der Waals surface area contributed by atoms with E-state index in [9.17, 15) is 34.2 Å². The molecule has 7 rings (SSSR count). The number of fused-ring (bicyclic) bond motifs is 2. The Morgan fingerprint density at radius 3 is 2.46 bits per heavy atom. The van der Waals surface area contributed by atoms with E-state index in [4.69, 9.17) is 12.2 Å². The third-order valence-corrected chi connectivity index (χ3v) is 12.8. The van der Waals surface area contributed by atoms with Crippen LogP contribution in [0.5, 0.6) is 0 Å². The van der Waals surface area contributed by atoms with E-state index in [1.807, 2.05) is 27.3 Å². The number of piperazine rings is 1. The van der Waals surface area contributed by atoms with Gasteiger partial charge in [0.1, 0.15) is 32.8 Å². The third-order valence-electron chi connectivity index (χ3n) is 9.00. The van der Waals surface area contributed by atoms with Gasteiger partial charge in [-0.15, -0.1) is 23.1 Å². The zero-order valence-corrected chi connectivity index (χ0v) is 32.1. The van der Waals surface area contributed by atoms with Gasteiger partial charge in [-0.05, 0) is 42.0 Å². The first kappa shape index (κ1) is 36.8. The molecule has 0 bridgehead atoms. The Labute approximate surface area is 325 Å². The normalized spacial score (nSPS) is 20.3. The van der Waals surface area contributed by atoms with E-state index in [1.54, 1.807) is 10.6 Å². The van der Waals surface area contributed by atoms with Crippen molar-refractivity contribution >= 4 is 91.7 Å². The predicted octanol–water partition coefficient (Wildman–Crippen LogP) is 0.361. The minimum atomic E-state index is -1.34. The van der Waals surface area contributed by atoms with E-state index >= 15 is 4.39 Å². The number of amides is 2. The molecule has 2 atom stereocenters. The second-order valence-electron chi connectivity index (χ2n) is 12.1. The number of aromatic nitrogens is 1. The molecule has 2 saturated heterocycles. The van der Waals surface area contributed by atoms with Gasteiger partial charge in [-0.25, -0.2) is 14.0 Å². The molecule has 3 aliphatic heterocycles. The number of carboxylic acid groups (broad SMARTS) is 2. The van der Waals surface area contributed by atoms with Crippen LogP contribution in [-0.2, 0) is 20.8 Å². The topological polar surface area (TPSA) is 152 Å². The summed E-state index contributed by atoms with van der Waals surface area (Å²) in [6.45, 7) is 1.84. The molecule has 2 unspecified atom stereocenters. The number of pyridine rings is 1. The van der Waals surface area contributed by atoms with Gasteiger partial charge in [0.15, 0.2) is 0 Å². The molecule has 1 saturated carbocycles. The second-order valence-corrected chi connectivity index (χ2v) is 15.9. The van der Waals surface area contributed by atoms with Crippen LogP contribution in [0.1, 0.15) is 34.1 Å². The molecule has 3 fully saturated rings. The van der Waals surface area contributed by atoms with Crippen LogP contribution >= 0.6 is 47.1 Å². The molecule has 3 N–H and O–H groups in total. The largest absolute Gasteiger partial charge is 1.00 e. The van der Waals surface area contributed by atoms with Crippen LogP contribution in [0.3, 0.4) is 0 Å². The number of anilines is 1. The molecule has 18 heteroatoms. The Morgan fingerprint density at radius 2 is 1.82 bits per heavy atom. The molecule has 2 amide bonds. The van der Waals surface area contributed by atoms with Crippen molar-refractivity contribution in [2.24, 2.45) is 0 Å². The number of halogens is 1. The van der Waals surface area contributed by atoms with Crippen LogP contribution in [0.15, 0.2) is 51.9 Å². The molecule has 2 aromatic heterocycles. The van der Waals surface area contributed by atoms with Crippen molar-refractivity contribution in [3.05, 3.63) is 73.6 Å². The van der Waals surface area contributed by atoms with Gasteiger partial charge in [-0.2, -0.15) is 0 Å². The SMILES string of the molecule is O=C(Cc1cccs1)NC1C(=O)N2C(C(=O)O)=C(CSC(=S)N3CCN(c4cc5c(cc4F)c(=O)c(C(=O)O)cn5C4CC4)CC3)CSC12.[Na+]. The van der Waals surface area contributed by atoms with Gasteiger partial charge in [0.2, 0.25) is 11.3 Å². The Kier molecular flexibility index (Phi) is 11.0. The molecule has 1 aliphatic carbocycles. The van der Waals surface area contributed by atoms with Gasteiger partial charge in [-0.1, -0.05) is 30.0 Å². The molecule has 4 aliphatic rings. The minimum Gasteiger partial charge on any atom is -0.477 e. The van der Waals surface area contributed by atoms with E-state index in [0.29, 0.717) is 53.0 Å². The summed E-state index contributed by atoms with van der Waals surface area (Å²) in [6, 6.07) is 5.74. The fourth-order valence-corrected chi connectivity index (χ4v) is 9.81. The third kappa shape index (κ3) is 7.10. The first-order valence-corrected chi connectivity index (χ1v) is 18.8. The average molecular weight is 767 g/mol. The minimum absolute atomic E-state index is 0. The van der Waals surface area contributed by atoms with Crippen LogP contribution in [0.4, 0.5) is 10.1 Å². The van der Waals surface area contributed by atoms with Gasteiger partial charge in [0.25, 0.3) is 5.91 Å². The van der Waals surface area contributed by atoms with E-state index in [-0.39, 0.29) is 70.3 Å². The van der Waals surface area contributed by atoms with Gasteiger partial charge in [0.05, 0.1) is 17.6 Å². The molecule has 12 nitrogen and oxygen atoms in total. The number of thiophene rings is 1. The molecule has 1 aromatic carbocycles. The van der Waals surface area contributed by atoms with Gasteiger partial charge in [0, 0.05) is 60.2 Å². The fraction of sp³-hybridized carbons (Fsp3) is 0.375. The predicted molar refractivity (Wildman–Crippen MR) is 190 cm³/mol. The Hall–Kier alpha value is -2.93. The maximum Gasteiger partial charge on any atom is 1.00 e. The van der Waals surface area contributed by atoms with Crippen molar-refractivity contribution in [2.45, 2.75) is 36.7 Å². The summed E-state index contributed by atoms with van der Waals surface area (Å²) in [7, 11) is 0.